The van der Waals surface area contributed by atoms with E-state index in [2.05, 4.69) is 0 Å². The normalized spacial score (nSPS) is 10.5. The summed E-state index contributed by atoms with van der Waals surface area (Å²) in [5.41, 5.74) is 6.58. The van der Waals surface area contributed by atoms with Crippen molar-refractivity contribution in [3.8, 4) is 5.75 Å². The van der Waals surface area contributed by atoms with E-state index in [0.29, 0.717) is 36.8 Å². The van der Waals surface area contributed by atoms with Crippen molar-refractivity contribution in [2.75, 3.05) is 25.6 Å². The van der Waals surface area contributed by atoms with Gasteiger partial charge in [-0.3, -0.25) is 0 Å². The summed E-state index contributed by atoms with van der Waals surface area (Å²) < 4.78 is 15.9. The van der Waals surface area contributed by atoms with Crippen LogP contribution in [0.25, 0.3) is 0 Å². The molecule has 2 N–H and O–H groups in total. The maximum absolute atomic E-state index is 11.8. The summed E-state index contributed by atoms with van der Waals surface area (Å²) in [4.78, 5) is 11.8. The molecular formula is C14H21NO4. The summed E-state index contributed by atoms with van der Waals surface area (Å²) in [5, 5.41) is 0. The van der Waals surface area contributed by atoms with Gasteiger partial charge in [-0.05, 0) is 32.9 Å². The Labute approximate surface area is 113 Å². The molecule has 0 heterocycles. The number of nitrogens with two attached hydrogens (primary N) is 1. The molecule has 0 unspecified atom stereocenters. The summed E-state index contributed by atoms with van der Waals surface area (Å²) >= 11 is 0. The van der Waals surface area contributed by atoms with E-state index in [1.807, 2.05) is 13.8 Å². The van der Waals surface area contributed by atoms with E-state index in [0.717, 1.165) is 0 Å². The SMILES string of the molecule is CCOC(=O)c1cccc(N)c1OCCOC(C)C. The van der Waals surface area contributed by atoms with Gasteiger partial charge in [-0.15, -0.1) is 0 Å². The van der Waals surface area contributed by atoms with Crippen LogP contribution < -0.4 is 10.5 Å². The first-order valence-electron chi connectivity index (χ1n) is 6.36. The van der Waals surface area contributed by atoms with E-state index in [-0.39, 0.29) is 6.10 Å². The maximum atomic E-state index is 11.8. The van der Waals surface area contributed by atoms with Crippen LogP contribution in [0.3, 0.4) is 0 Å². The minimum absolute atomic E-state index is 0.140. The quantitative estimate of drug-likeness (QED) is 0.466. The molecule has 19 heavy (non-hydrogen) atoms. The maximum Gasteiger partial charge on any atom is 0.341 e. The molecule has 5 nitrogen and oxygen atoms in total. The fourth-order valence-electron chi connectivity index (χ4n) is 1.51. The molecule has 5 heteroatoms. The highest BCUT2D eigenvalue weighted by Gasteiger charge is 2.16. The molecule has 0 radical (unpaired) electrons. The van der Waals surface area contributed by atoms with Gasteiger partial charge in [0, 0.05) is 0 Å². The lowest BCUT2D eigenvalue weighted by Gasteiger charge is -2.14. The van der Waals surface area contributed by atoms with Gasteiger partial charge in [0.05, 0.1) is 25.0 Å². The second kappa shape index (κ2) is 7.63. The van der Waals surface area contributed by atoms with Gasteiger partial charge in [0.1, 0.15) is 12.2 Å². The Morgan fingerprint density at radius 3 is 2.68 bits per heavy atom. The number of hydrogen-bond acceptors (Lipinski definition) is 5. The third kappa shape index (κ3) is 4.79. The second-order valence-electron chi connectivity index (χ2n) is 4.21. The van der Waals surface area contributed by atoms with E-state index in [4.69, 9.17) is 19.9 Å². The summed E-state index contributed by atoms with van der Waals surface area (Å²) in [6.45, 7) is 6.72. The van der Waals surface area contributed by atoms with Gasteiger partial charge < -0.3 is 19.9 Å². The van der Waals surface area contributed by atoms with Crippen LogP contribution in [0.5, 0.6) is 5.75 Å². The van der Waals surface area contributed by atoms with Gasteiger partial charge in [0.25, 0.3) is 0 Å². The van der Waals surface area contributed by atoms with Crippen LogP contribution in [0.2, 0.25) is 0 Å². The summed E-state index contributed by atoms with van der Waals surface area (Å²) in [6.07, 6.45) is 0.140. The Morgan fingerprint density at radius 2 is 2.05 bits per heavy atom. The minimum Gasteiger partial charge on any atom is -0.488 e. The molecule has 0 saturated carbocycles. The number of carbonyl (C=O) groups excluding carboxylic acids is 1. The molecule has 1 aromatic carbocycles. The zero-order valence-electron chi connectivity index (χ0n) is 11.6. The van der Waals surface area contributed by atoms with Gasteiger partial charge in [0.15, 0.2) is 5.75 Å². The van der Waals surface area contributed by atoms with E-state index in [9.17, 15) is 4.79 Å². The molecule has 0 aliphatic rings. The fraction of sp³-hybridized carbons (Fsp3) is 0.500. The third-order valence-corrected chi connectivity index (χ3v) is 2.32. The van der Waals surface area contributed by atoms with E-state index < -0.39 is 5.97 Å². The van der Waals surface area contributed by atoms with Crippen LogP contribution in [-0.2, 0) is 9.47 Å². The summed E-state index contributed by atoms with van der Waals surface area (Å²) in [6, 6.07) is 5.01. The molecule has 0 spiro atoms. The zero-order valence-corrected chi connectivity index (χ0v) is 11.6. The van der Waals surface area contributed by atoms with Crippen molar-refractivity contribution in [1.29, 1.82) is 0 Å². The van der Waals surface area contributed by atoms with Crippen LogP contribution in [0.4, 0.5) is 5.69 Å². The number of hydrogen-bond donors (Lipinski definition) is 1. The van der Waals surface area contributed by atoms with Gasteiger partial charge in [0.2, 0.25) is 0 Å². The Bertz CT molecular complexity index is 418. The lowest BCUT2D eigenvalue weighted by Crippen LogP contribution is -2.14. The van der Waals surface area contributed by atoms with Gasteiger partial charge >= 0.3 is 5.97 Å². The van der Waals surface area contributed by atoms with Crippen LogP contribution in [0, 0.1) is 0 Å². The Hall–Kier alpha value is -1.75. The molecule has 1 aromatic rings. The predicted octanol–water partition coefficient (Wildman–Crippen LogP) is 2.25. The Morgan fingerprint density at radius 1 is 1.32 bits per heavy atom. The number of nitrogen functional groups attached to an aromatic ring is 1. The Balaban J connectivity index is 2.72. The van der Waals surface area contributed by atoms with E-state index in [1.54, 1.807) is 25.1 Å². The van der Waals surface area contributed by atoms with Crippen molar-refractivity contribution < 1.29 is 19.0 Å². The highest BCUT2D eigenvalue weighted by atomic mass is 16.5. The number of carbonyl (C=O) groups is 1. The fourth-order valence-corrected chi connectivity index (χ4v) is 1.51. The van der Waals surface area contributed by atoms with Crippen molar-refractivity contribution in [3.63, 3.8) is 0 Å². The first kappa shape index (κ1) is 15.3. The summed E-state index contributed by atoms with van der Waals surface area (Å²) in [5.74, 6) is -0.0807. The van der Waals surface area contributed by atoms with Crippen LogP contribution in [-0.4, -0.2) is 31.9 Å². The van der Waals surface area contributed by atoms with Crippen molar-refractivity contribution in [3.05, 3.63) is 23.8 Å². The van der Waals surface area contributed by atoms with Crippen molar-refractivity contribution in [1.82, 2.24) is 0 Å². The summed E-state index contributed by atoms with van der Waals surface area (Å²) in [7, 11) is 0. The number of para-hydroxylation sites is 1. The lowest BCUT2D eigenvalue weighted by atomic mass is 10.2. The van der Waals surface area contributed by atoms with Crippen molar-refractivity contribution in [2.45, 2.75) is 26.9 Å². The van der Waals surface area contributed by atoms with Crippen LogP contribution in [0.1, 0.15) is 31.1 Å². The van der Waals surface area contributed by atoms with Gasteiger partial charge in [-0.25, -0.2) is 4.79 Å². The third-order valence-electron chi connectivity index (χ3n) is 2.32. The first-order valence-corrected chi connectivity index (χ1v) is 6.36. The highest BCUT2D eigenvalue weighted by Crippen LogP contribution is 2.27. The van der Waals surface area contributed by atoms with Crippen LogP contribution in [0.15, 0.2) is 18.2 Å². The molecule has 0 aromatic heterocycles. The molecule has 0 aliphatic carbocycles. The average Bonchev–Trinajstić information content (AvgIpc) is 2.36. The largest absolute Gasteiger partial charge is 0.488 e. The number of rotatable bonds is 7. The van der Waals surface area contributed by atoms with E-state index in [1.165, 1.54) is 0 Å². The number of ether oxygens (including phenoxy) is 3. The van der Waals surface area contributed by atoms with Gasteiger partial charge in [-0.1, -0.05) is 6.07 Å². The topological polar surface area (TPSA) is 70.8 Å². The van der Waals surface area contributed by atoms with Crippen molar-refractivity contribution >= 4 is 11.7 Å². The monoisotopic (exact) mass is 267 g/mol. The van der Waals surface area contributed by atoms with Gasteiger partial charge in [-0.2, -0.15) is 0 Å². The predicted molar refractivity (Wildman–Crippen MR) is 73.4 cm³/mol. The number of esters is 1. The minimum atomic E-state index is -0.436. The average molecular weight is 267 g/mol. The first-order chi connectivity index (χ1) is 9.06. The molecule has 0 saturated heterocycles. The molecule has 0 atom stereocenters. The highest BCUT2D eigenvalue weighted by molar-refractivity contribution is 5.94. The molecule has 0 aliphatic heterocycles. The van der Waals surface area contributed by atoms with Crippen molar-refractivity contribution in [2.24, 2.45) is 0 Å². The second-order valence-corrected chi connectivity index (χ2v) is 4.21. The Kier molecular flexibility index (Phi) is 6.15. The molecular weight excluding hydrogens is 246 g/mol. The smallest absolute Gasteiger partial charge is 0.341 e. The molecule has 0 fully saturated rings. The molecule has 1 rings (SSSR count). The van der Waals surface area contributed by atoms with Crippen LogP contribution >= 0.6 is 0 Å². The lowest BCUT2D eigenvalue weighted by molar-refractivity contribution is 0.0488. The number of anilines is 1. The number of benzene rings is 1. The molecule has 106 valence electrons. The molecule has 0 amide bonds. The van der Waals surface area contributed by atoms with E-state index >= 15 is 0 Å². The standard InChI is InChI=1S/C14H21NO4/c1-4-17-14(16)11-6-5-7-12(15)13(11)19-9-8-18-10(2)3/h5-7,10H,4,8-9,15H2,1-3H3. The zero-order chi connectivity index (χ0) is 14.3. The molecule has 0 bridgehead atoms.